The maximum absolute atomic E-state index is 11.7. The van der Waals surface area contributed by atoms with Crippen LogP contribution in [0.4, 0.5) is 11.8 Å². The minimum absolute atomic E-state index is 0.0137. The molecule has 0 unspecified atom stereocenters. The molecule has 0 bridgehead atoms. The van der Waals surface area contributed by atoms with Gasteiger partial charge in [0.05, 0.1) is 12.5 Å². The van der Waals surface area contributed by atoms with Crippen molar-refractivity contribution in [2.24, 2.45) is 5.92 Å². The highest BCUT2D eigenvalue weighted by Crippen LogP contribution is 2.23. The molecule has 6 nitrogen and oxygen atoms in total. The van der Waals surface area contributed by atoms with Crippen LogP contribution in [0.2, 0.25) is 0 Å². The molecule has 1 saturated heterocycles. The highest BCUT2D eigenvalue weighted by Gasteiger charge is 2.27. The van der Waals surface area contributed by atoms with Crippen LogP contribution < -0.4 is 10.2 Å². The number of piperidine rings is 1. The van der Waals surface area contributed by atoms with Gasteiger partial charge in [-0.05, 0) is 26.7 Å². The topological polar surface area (TPSA) is 67.3 Å². The summed E-state index contributed by atoms with van der Waals surface area (Å²) in [6.07, 6.45) is 1.59. The number of esters is 1. The molecule has 1 fully saturated rings. The molecule has 1 aliphatic heterocycles. The van der Waals surface area contributed by atoms with E-state index in [4.69, 9.17) is 4.74 Å². The molecule has 0 aliphatic carbocycles. The van der Waals surface area contributed by atoms with Gasteiger partial charge in [-0.15, -0.1) is 0 Å². The number of rotatable bonds is 4. The highest BCUT2D eigenvalue weighted by molar-refractivity contribution is 5.72. The lowest BCUT2D eigenvalue weighted by atomic mass is 9.97. The van der Waals surface area contributed by atoms with Crippen LogP contribution in [0.15, 0.2) is 6.07 Å². The van der Waals surface area contributed by atoms with Crippen molar-refractivity contribution in [2.45, 2.75) is 26.7 Å². The Hall–Kier alpha value is -1.85. The largest absolute Gasteiger partial charge is 0.466 e. The molecular weight excluding hydrogens is 256 g/mol. The Bertz CT molecular complexity index is 470. The van der Waals surface area contributed by atoms with Gasteiger partial charge >= 0.3 is 5.97 Å². The Kier molecular flexibility index (Phi) is 4.76. The van der Waals surface area contributed by atoms with Crippen molar-refractivity contribution < 1.29 is 9.53 Å². The Labute approximate surface area is 119 Å². The number of carbonyl (C=O) groups excluding carboxylic acids is 1. The lowest BCUT2D eigenvalue weighted by Crippen LogP contribution is -2.38. The second-order valence-corrected chi connectivity index (χ2v) is 4.96. The highest BCUT2D eigenvalue weighted by atomic mass is 16.5. The zero-order valence-corrected chi connectivity index (χ0v) is 12.3. The SMILES string of the molecule is CCOC(=O)C1CCN(c2nc(C)cc(NC)n2)CC1. The fraction of sp³-hybridized carbons (Fsp3) is 0.643. The zero-order valence-electron chi connectivity index (χ0n) is 12.3. The van der Waals surface area contributed by atoms with Crippen molar-refractivity contribution in [3.05, 3.63) is 11.8 Å². The van der Waals surface area contributed by atoms with Crippen LogP contribution in [-0.2, 0) is 9.53 Å². The summed E-state index contributed by atoms with van der Waals surface area (Å²) in [5.41, 5.74) is 0.937. The smallest absolute Gasteiger partial charge is 0.309 e. The summed E-state index contributed by atoms with van der Waals surface area (Å²) in [5, 5.41) is 3.04. The van der Waals surface area contributed by atoms with E-state index < -0.39 is 0 Å². The second-order valence-electron chi connectivity index (χ2n) is 4.96. The maximum atomic E-state index is 11.7. The number of aryl methyl sites for hydroxylation is 1. The number of carbonyl (C=O) groups is 1. The van der Waals surface area contributed by atoms with Crippen molar-refractivity contribution in [3.63, 3.8) is 0 Å². The van der Waals surface area contributed by atoms with Gasteiger partial charge in [0.15, 0.2) is 0 Å². The Morgan fingerprint density at radius 3 is 2.75 bits per heavy atom. The Morgan fingerprint density at radius 1 is 1.45 bits per heavy atom. The van der Waals surface area contributed by atoms with Gasteiger partial charge in [0.25, 0.3) is 0 Å². The average Bonchev–Trinajstić information content (AvgIpc) is 2.47. The number of anilines is 2. The molecule has 110 valence electrons. The van der Waals surface area contributed by atoms with E-state index in [1.807, 2.05) is 27.0 Å². The number of hydrogen-bond donors (Lipinski definition) is 1. The number of ether oxygens (including phenoxy) is 1. The lowest BCUT2D eigenvalue weighted by molar-refractivity contribution is -0.148. The van der Waals surface area contributed by atoms with Crippen LogP contribution in [0.25, 0.3) is 0 Å². The summed E-state index contributed by atoms with van der Waals surface area (Å²) >= 11 is 0. The molecule has 0 aromatic carbocycles. The third-order valence-corrected chi connectivity index (χ3v) is 3.50. The first-order chi connectivity index (χ1) is 9.63. The fourth-order valence-electron chi connectivity index (χ4n) is 2.40. The summed E-state index contributed by atoms with van der Waals surface area (Å²) in [6, 6.07) is 1.91. The van der Waals surface area contributed by atoms with E-state index in [0.717, 1.165) is 43.4 Å². The van der Waals surface area contributed by atoms with Gasteiger partial charge in [0.1, 0.15) is 5.82 Å². The van der Waals surface area contributed by atoms with Crippen LogP contribution >= 0.6 is 0 Å². The van der Waals surface area contributed by atoms with Crippen molar-refractivity contribution in [2.75, 3.05) is 37.0 Å². The molecule has 2 rings (SSSR count). The van der Waals surface area contributed by atoms with Gasteiger partial charge in [-0.25, -0.2) is 4.98 Å². The predicted molar refractivity (Wildman–Crippen MR) is 77.9 cm³/mol. The fourth-order valence-corrected chi connectivity index (χ4v) is 2.40. The van der Waals surface area contributed by atoms with E-state index in [1.54, 1.807) is 0 Å². The van der Waals surface area contributed by atoms with Crippen molar-refractivity contribution >= 4 is 17.7 Å². The molecule has 1 N–H and O–H groups in total. The van der Waals surface area contributed by atoms with Crippen LogP contribution in [0, 0.1) is 12.8 Å². The molecule has 6 heteroatoms. The van der Waals surface area contributed by atoms with E-state index in [2.05, 4.69) is 20.2 Å². The first-order valence-corrected chi connectivity index (χ1v) is 7.09. The van der Waals surface area contributed by atoms with Gasteiger partial charge in [-0.1, -0.05) is 0 Å². The molecule has 0 amide bonds. The monoisotopic (exact) mass is 278 g/mol. The number of hydrogen-bond acceptors (Lipinski definition) is 6. The molecular formula is C14H22N4O2. The summed E-state index contributed by atoms with van der Waals surface area (Å²) < 4.78 is 5.08. The van der Waals surface area contributed by atoms with Crippen molar-refractivity contribution in [1.29, 1.82) is 0 Å². The van der Waals surface area contributed by atoms with Crippen LogP contribution in [-0.4, -0.2) is 42.7 Å². The van der Waals surface area contributed by atoms with Crippen LogP contribution in [0.5, 0.6) is 0 Å². The molecule has 2 heterocycles. The molecule has 20 heavy (non-hydrogen) atoms. The van der Waals surface area contributed by atoms with Gasteiger partial charge in [-0.2, -0.15) is 4.98 Å². The Morgan fingerprint density at radius 2 is 2.15 bits per heavy atom. The van der Waals surface area contributed by atoms with Crippen LogP contribution in [0.3, 0.4) is 0 Å². The molecule has 1 aromatic rings. The minimum Gasteiger partial charge on any atom is -0.466 e. The summed E-state index contributed by atoms with van der Waals surface area (Å²) in [7, 11) is 1.85. The summed E-state index contributed by atoms with van der Waals surface area (Å²) in [5.74, 6) is 1.49. The number of nitrogens with one attached hydrogen (secondary N) is 1. The average molecular weight is 278 g/mol. The number of aromatic nitrogens is 2. The van der Waals surface area contributed by atoms with E-state index >= 15 is 0 Å². The quantitative estimate of drug-likeness (QED) is 0.844. The third kappa shape index (κ3) is 3.37. The predicted octanol–water partition coefficient (Wildman–Crippen LogP) is 1.61. The molecule has 0 atom stereocenters. The maximum Gasteiger partial charge on any atom is 0.309 e. The molecule has 0 spiro atoms. The summed E-state index contributed by atoms with van der Waals surface area (Å²) in [4.78, 5) is 22.8. The molecule has 0 radical (unpaired) electrons. The van der Waals surface area contributed by atoms with Gasteiger partial charge < -0.3 is 15.0 Å². The van der Waals surface area contributed by atoms with Gasteiger partial charge in [0, 0.05) is 31.9 Å². The van der Waals surface area contributed by atoms with E-state index in [9.17, 15) is 4.79 Å². The minimum atomic E-state index is -0.0757. The Balaban J connectivity index is 2.00. The van der Waals surface area contributed by atoms with Gasteiger partial charge in [-0.3, -0.25) is 4.79 Å². The standard InChI is InChI=1S/C14H22N4O2/c1-4-20-13(19)11-5-7-18(8-6-11)14-16-10(2)9-12(15-3)17-14/h9,11H,4-8H2,1-3H3,(H,15,16,17). The van der Waals surface area contributed by atoms with Crippen LogP contribution in [0.1, 0.15) is 25.5 Å². The zero-order chi connectivity index (χ0) is 14.5. The van der Waals surface area contributed by atoms with E-state index in [1.165, 1.54) is 0 Å². The molecule has 1 aliphatic rings. The third-order valence-electron chi connectivity index (χ3n) is 3.50. The summed E-state index contributed by atoms with van der Waals surface area (Å²) in [6.45, 7) is 5.82. The lowest BCUT2D eigenvalue weighted by Gasteiger charge is -2.31. The normalized spacial score (nSPS) is 16.1. The van der Waals surface area contributed by atoms with E-state index in [0.29, 0.717) is 6.61 Å². The first-order valence-electron chi connectivity index (χ1n) is 7.09. The van der Waals surface area contributed by atoms with Crippen molar-refractivity contribution in [1.82, 2.24) is 9.97 Å². The van der Waals surface area contributed by atoms with Gasteiger partial charge in [0.2, 0.25) is 5.95 Å². The molecule has 0 saturated carbocycles. The molecule has 1 aromatic heterocycles. The first kappa shape index (κ1) is 14.6. The second kappa shape index (κ2) is 6.54. The number of nitrogens with zero attached hydrogens (tertiary/aromatic N) is 3. The van der Waals surface area contributed by atoms with Crippen molar-refractivity contribution in [3.8, 4) is 0 Å². The van der Waals surface area contributed by atoms with E-state index in [-0.39, 0.29) is 11.9 Å².